The minimum absolute atomic E-state index is 0.364. The second-order valence-electron chi connectivity index (χ2n) is 4.32. The number of fused-ring (bicyclic) bond motifs is 1. The van der Waals surface area contributed by atoms with E-state index in [1.165, 1.54) is 0 Å². The summed E-state index contributed by atoms with van der Waals surface area (Å²) in [5.74, 6) is 1.62. The van der Waals surface area contributed by atoms with Crippen molar-refractivity contribution in [3.63, 3.8) is 0 Å². The van der Waals surface area contributed by atoms with Gasteiger partial charge in [-0.2, -0.15) is 4.98 Å². The summed E-state index contributed by atoms with van der Waals surface area (Å²) < 4.78 is 13.0. The molecule has 2 heterocycles. The molecule has 0 bridgehead atoms. The minimum atomic E-state index is 0.364. The Kier molecular flexibility index (Phi) is 3.42. The van der Waals surface area contributed by atoms with Crippen LogP contribution in [0, 0.1) is 0 Å². The van der Waals surface area contributed by atoms with Crippen molar-refractivity contribution in [1.82, 2.24) is 14.5 Å². The molecule has 0 radical (unpaired) electrons. The number of hydrogen-bond acceptors (Lipinski definition) is 5. The highest BCUT2D eigenvalue weighted by atomic mass is 79.9. The average molecular weight is 349 g/mol. The Morgan fingerprint density at radius 2 is 1.90 bits per heavy atom. The average Bonchev–Trinajstić information content (AvgIpc) is 2.81. The fraction of sp³-hybridized carbons (Fsp3) is 0.143. The first-order valence-electron chi connectivity index (χ1n) is 6.17. The van der Waals surface area contributed by atoms with Gasteiger partial charge in [-0.25, -0.2) is 4.98 Å². The predicted molar refractivity (Wildman–Crippen MR) is 84.1 cm³/mol. The number of rotatable bonds is 3. The molecule has 7 heteroatoms. The zero-order valence-electron chi connectivity index (χ0n) is 11.5. The second-order valence-corrected chi connectivity index (χ2v) is 5.17. The van der Waals surface area contributed by atoms with Crippen LogP contribution in [0.1, 0.15) is 0 Å². The van der Waals surface area contributed by atoms with E-state index in [1.807, 2.05) is 24.3 Å². The number of nitrogens with two attached hydrogens (primary N) is 1. The lowest BCUT2D eigenvalue weighted by Crippen LogP contribution is -2.02. The molecule has 0 aliphatic rings. The van der Waals surface area contributed by atoms with Gasteiger partial charge in [-0.1, -0.05) is 0 Å². The minimum Gasteiger partial charge on any atom is -0.496 e. The van der Waals surface area contributed by atoms with Gasteiger partial charge in [0, 0.05) is 6.07 Å². The zero-order valence-corrected chi connectivity index (χ0v) is 13.1. The van der Waals surface area contributed by atoms with Gasteiger partial charge in [-0.3, -0.25) is 4.57 Å². The molecule has 0 atom stereocenters. The number of methoxy groups -OCH3 is 2. The number of imidazole rings is 1. The highest BCUT2D eigenvalue weighted by Gasteiger charge is 2.13. The second kappa shape index (κ2) is 5.25. The third-order valence-corrected chi connectivity index (χ3v) is 3.73. The van der Waals surface area contributed by atoms with Gasteiger partial charge in [0.25, 0.3) is 0 Å². The molecule has 2 N–H and O–H groups in total. The fourth-order valence-corrected chi connectivity index (χ4v) is 2.65. The van der Waals surface area contributed by atoms with E-state index in [4.69, 9.17) is 15.2 Å². The molecule has 2 aromatic heterocycles. The number of aromatic nitrogens is 3. The van der Waals surface area contributed by atoms with Crippen LogP contribution in [0.2, 0.25) is 0 Å². The normalized spacial score (nSPS) is 10.8. The smallest absolute Gasteiger partial charge is 0.215 e. The van der Waals surface area contributed by atoms with Gasteiger partial charge >= 0.3 is 0 Å². The van der Waals surface area contributed by atoms with Crippen molar-refractivity contribution in [2.45, 2.75) is 0 Å². The molecule has 21 heavy (non-hydrogen) atoms. The van der Waals surface area contributed by atoms with Gasteiger partial charge < -0.3 is 15.2 Å². The van der Waals surface area contributed by atoms with Gasteiger partial charge in [0.15, 0.2) is 5.65 Å². The molecule has 3 rings (SSSR count). The maximum absolute atomic E-state index is 6.02. The molecule has 0 fully saturated rings. The number of pyridine rings is 1. The number of nitrogens with zero attached hydrogens (tertiary/aromatic N) is 3. The van der Waals surface area contributed by atoms with Crippen LogP contribution in [-0.2, 0) is 0 Å². The maximum Gasteiger partial charge on any atom is 0.215 e. The van der Waals surface area contributed by atoms with Gasteiger partial charge in [0.2, 0.25) is 11.8 Å². The summed E-state index contributed by atoms with van der Waals surface area (Å²) in [7, 11) is 3.19. The fourth-order valence-electron chi connectivity index (χ4n) is 2.12. The van der Waals surface area contributed by atoms with E-state index in [0.717, 1.165) is 15.9 Å². The van der Waals surface area contributed by atoms with Gasteiger partial charge in [-0.15, -0.1) is 0 Å². The SMILES string of the molecule is COc1ccc2nc(N)n(-c3ccc(OC)c(Br)c3)c2n1. The van der Waals surface area contributed by atoms with Crippen molar-refractivity contribution in [1.29, 1.82) is 0 Å². The number of hydrogen-bond donors (Lipinski definition) is 1. The monoisotopic (exact) mass is 348 g/mol. The van der Waals surface area contributed by atoms with Crippen LogP contribution < -0.4 is 15.2 Å². The first kappa shape index (κ1) is 13.7. The third-order valence-electron chi connectivity index (χ3n) is 3.11. The van der Waals surface area contributed by atoms with Crippen LogP contribution >= 0.6 is 15.9 Å². The first-order chi connectivity index (χ1) is 10.1. The molecule has 0 saturated heterocycles. The Hall–Kier alpha value is -2.28. The Morgan fingerprint density at radius 1 is 1.10 bits per heavy atom. The molecular weight excluding hydrogens is 336 g/mol. The molecule has 3 aromatic rings. The molecule has 0 spiro atoms. The van der Waals surface area contributed by atoms with Crippen molar-refractivity contribution >= 4 is 33.0 Å². The lowest BCUT2D eigenvalue weighted by atomic mass is 10.3. The Morgan fingerprint density at radius 3 is 2.57 bits per heavy atom. The van der Waals surface area contributed by atoms with Gasteiger partial charge in [0.1, 0.15) is 11.3 Å². The quantitative estimate of drug-likeness (QED) is 0.787. The van der Waals surface area contributed by atoms with Crippen LogP contribution in [0.3, 0.4) is 0 Å². The highest BCUT2D eigenvalue weighted by Crippen LogP contribution is 2.30. The Bertz CT molecular complexity index is 816. The van der Waals surface area contributed by atoms with E-state index in [9.17, 15) is 0 Å². The van der Waals surface area contributed by atoms with Crippen molar-refractivity contribution in [3.05, 3.63) is 34.8 Å². The summed E-state index contributed by atoms with van der Waals surface area (Å²) in [6.07, 6.45) is 0. The van der Waals surface area contributed by atoms with Crippen LogP contribution in [0.5, 0.6) is 11.6 Å². The maximum atomic E-state index is 6.02. The molecule has 1 aromatic carbocycles. The number of halogens is 1. The van der Waals surface area contributed by atoms with E-state index >= 15 is 0 Å². The molecular formula is C14H13BrN4O2. The highest BCUT2D eigenvalue weighted by molar-refractivity contribution is 9.10. The summed E-state index contributed by atoms with van der Waals surface area (Å²) in [6.45, 7) is 0. The standard InChI is InChI=1S/C14H13BrN4O2/c1-20-11-5-3-8(7-9(11)15)19-13-10(17-14(19)16)4-6-12(18-13)21-2/h3-7H,1-2H3,(H2,16,17). The number of anilines is 1. The van der Waals surface area contributed by atoms with Crippen LogP contribution in [0.4, 0.5) is 5.95 Å². The molecule has 108 valence electrons. The van der Waals surface area contributed by atoms with E-state index in [2.05, 4.69) is 25.9 Å². The van der Waals surface area contributed by atoms with E-state index in [1.54, 1.807) is 24.9 Å². The Labute approximate surface area is 129 Å². The molecule has 0 aliphatic carbocycles. The lowest BCUT2D eigenvalue weighted by Gasteiger charge is -2.09. The summed E-state index contributed by atoms with van der Waals surface area (Å²) in [5.41, 5.74) is 8.21. The molecule has 0 unspecified atom stereocenters. The van der Waals surface area contributed by atoms with Crippen LogP contribution in [0.25, 0.3) is 16.9 Å². The van der Waals surface area contributed by atoms with Gasteiger partial charge in [-0.05, 0) is 40.2 Å². The van der Waals surface area contributed by atoms with Crippen molar-refractivity contribution in [2.75, 3.05) is 20.0 Å². The van der Waals surface area contributed by atoms with E-state index < -0.39 is 0 Å². The number of ether oxygens (including phenoxy) is 2. The van der Waals surface area contributed by atoms with Crippen molar-refractivity contribution in [2.24, 2.45) is 0 Å². The van der Waals surface area contributed by atoms with E-state index in [0.29, 0.717) is 23.0 Å². The van der Waals surface area contributed by atoms with E-state index in [-0.39, 0.29) is 0 Å². The van der Waals surface area contributed by atoms with Crippen LogP contribution in [0.15, 0.2) is 34.8 Å². The summed E-state index contributed by atoms with van der Waals surface area (Å²) in [5, 5.41) is 0. The van der Waals surface area contributed by atoms with Crippen LogP contribution in [-0.4, -0.2) is 28.8 Å². The third kappa shape index (κ3) is 2.29. The van der Waals surface area contributed by atoms with Gasteiger partial charge in [0.05, 0.1) is 24.4 Å². The number of nitrogen functional groups attached to an aromatic ring is 1. The summed E-state index contributed by atoms with van der Waals surface area (Å²) in [4.78, 5) is 8.73. The predicted octanol–water partition coefficient (Wildman–Crippen LogP) is 2.78. The largest absolute Gasteiger partial charge is 0.496 e. The zero-order chi connectivity index (χ0) is 15.0. The summed E-state index contributed by atoms with van der Waals surface area (Å²) >= 11 is 3.46. The molecule has 0 aliphatic heterocycles. The number of benzene rings is 1. The Balaban J connectivity index is 2.23. The molecule has 0 amide bonds. The topological polar surface area (TPSA) is 75.2 Å². The van der Waals surface area contributed by atoms with Crippen molar-refractivity contribution in [3.8, 4) is 17.3 Å². The lowest BCUT2D eigenvalue weighted by molar-refractivity contribution is 0.399. The molecule has 6 nitrogen and oxygen atoms in total. The first-order valence-corrected chi connectivity index (χ1v) is 6.96. The van der Waals surface area contributed by atoms with Crippen molar-refractivity contribution < 1.29 is 9.47 Å². The summed E-state index contributed by atoms with van der Waals surface area (Å²) in [6, 6.07) is 9.22. The molecule has 0 saturated carbocycles.